The van der Waals surface area contributed by atoms with E-state index < -0.39 is 0 Å². The van der Waals surface area contributed by atoms with Crippen LogP contribution < -0.4 is 0 Å². The lowest BCUT2D eigenvalue weighted by molar-refractivity contribution is -0.129. The van der Waals surface area contributed by atoms with Gasteiger partial charge in [-0.05, 0) is 19.2 Å². The second-order valence-electron chi connectivity index (χ2n) is 5.09. The summed E-state index contributed by atoms with van der Waals surface area (Å²) in [4.78, 5) is 19.3. The van der Waals surface area contributed by atoms with Crippen LogP contribution in [-0.2, 0) is 11.3 Å². The van der Waals surface area contributed by atoms with Gasteiger partial charge in [-0.15, -0.1) is 0 Å². The highest BCUT2D eigenvalue weighted by atomic mass is 35.5. The highest BCUT2D eigenvalue weighted by Crippen LogP contribution is 2.23. The maximum Gasteiger partial charge on any atom is 0.236 e. The normalized spacial score (nSPS) is 10.9. The third kappa shape index (κ3) is 4.31. The molecule has 0 bridgehead atoms. The number of aromatic nitrogens is 1. The molecule has 1 amide bonds. The molecular weight excluding hydrogens is 290 g/mol. The van der Waals surface area contributed by atoms with Crippen LogP contribution in [0, 0.1) is 0 Å². The van der Waals surface area contributed by atoms with E-state index in [1.807, 2.05) is 36.2 Å². The number of amides is 1. The Morgan fingerprint density at radius 1 is 1.33 bits per heavy atom. The molecule has 1 heterocycles. The summed E-state index contributed by atoms with van der Waals surface area (Å²) in [7, 11) is 5.32. The van der Waals surface area contributed by atoms with Crippen LogP contribution in [0.3, 0.4) is 0 Å². The quantitative estimate of drug-likeness (QED) is 0.851. The zero-order valence-corrected chi connectivity index (χ0v) is 13.1. The smallest absolute Gasteiger partial charge is 0.236 e. The summed E-state index contributed by atoms with van der Waals surface area (Å²) in [5, 5.41) is 0.652. The molecule has 0 unspecified atom stereocenters. The fourth-order valence-corrected chi connectivity index (χ4v) is 2.01. The maximum atomic E-state index is 11.6. The number of carbonyl (C=O) groups is 1. The van der Waals surface area contributed by atoms with Gasteiger partial charge < -0.3 is 9.32 Å². The molecule has 0 saturated heterocycles. The van der Waals surface area contributed by atoms with Crippen molar-refractivity contribution in [1.82, 2.24) is 14.8 Å². The monoisotopic (exact) mass is 307 g/mol. The maximum absolute atomic E-state index is 11.6. The third-order valence-electron chi connectivity index (χ3n) is 2.97. The van der Waals surface area contributed by atoms with E-state index in [4.69, 9.17) is 16.0 Å². The van der Waals surface area contributed by atoms with Crippen LogP contribution in [0.15, 0.2) is 34.9 Å². The van der Waals surface area contributed by atoms with Crippen molar-refractivity contribution in [3.8, 4) is 11.3 Å². The van der Waals surface area contributed by atoms with Gasteiger partial charge in [-0.3, -0.25) is 9.69 Å². The first-order valence-corrected chi connectivity index (χ1v) is 6.93. The average molecular weight is 308 g/mol. The second kappa shape index (κ2) is 6.74. The Kier molecular flexibility index (Phi) is 4.98. The van der Waals surface area contributed by atoms with E-state index in [9.17, 15) is 4.79 Å². The lowest BCUT2D eigenvalue weighted by atomic mass is 10.2. The number of likely N-dealkylation sites (N-methyl/N-ethyl adjacent to an activating group) is 2. The first-order valence-electron chi connectivity index (χ1n) is 6.55. The van der Waals surface area contributed by atoms with Crippen molar-refractivity contribution in [1.29, 1.82) is 0 Å². The van der Waals surface area contributed by atoms with E-state index in [0.29, 0.717) is 29.8 Å². The molecule has 0 N–H and O–H groups in total. The summed E-state index contributed by atoms with van der Waals surface area (Å²) in [6, 6.07) is 7.41. The third-order valence-corrected chi connectivity index (χ3v) is 3.21. The number of carbonyl (C=O) groups excluding carboxylic acids is 1. The van der Waals surface area contributed by atoms with E-state index in [0.717, 1.165) is 5.56 Å². The summed E-state index contributed by atoms with van der Waals surface area (Å²) in [5.41, 5.74) is 0.883. The molecule has 0 aliphatic heterocycles. The Morgan fingerprint density at radius 2 is 2.10 bits per heavy atom. The minimum absolute atomic E-state index is 0.0409. The van der Waals surface area contributed by atoms with Gasteiger partial charge in [0.1, 0.15) is 0 Å². The Hall–Kier alpha value is -1.85. The molecule has 0 atom stereocenters. The predicted molar refractivity (Wildman–Crippen MR) is 82.0 cm³/mol. The molecule has 21 heavy (non-hydrogen) atoms. The van der Waals surface area contributed by atoms with Crippen LogP contribution in [-0.4, -0.2) is 48.4 Å². The van der Waals surface area contributed by atoms with Crippen molar-refractivity contribution in [2.75, 3.05) is 27.7 Å². The van der Waals surface area contributed by atoms with Crippen molar-refractivity contribution in [3.63, 3.8) is 0 Å². The van der Waals surface area contributed by atoms with Gasteiger partial charge in [-0.25, -0.2) is 4.98 Å². The van der Waals surface area contributed by atoms with Gasteiger partial charge in [0.2, 0.25) is 11.8 Å². The van der Waals surface area contributed by atoms with E-state index in [-0.39, 0.29) is 5.91 Å². The first-order chi connectivity index (χ1) is 9.95. The lowest BCUT2D eigenvalue weighted by Gasteiger charge is -2.17. The summed E-state index contributed by atoms with van der Waals surface area (Å²) < 4.78 is 5.70. The van der Waals surface area contributed by atoms with Gasteiger partial charge in [0, 0.05) is 24.7 Å². The molecule has 0 radical (unpaired) electrons. The fraction of sp³-hybridized carbons (Fsp3) is 0.333. The van der Waals surface area contributed by atoms with Crippen molar-refractivity contribution >= 4 is 17.5 Å². The molecule has 0 aliphatic rings. The number of hydrogen-bond donors (Lipinski definition) is 0. The summed E-state index contributed by atoms with van der Waals surface area (Å²) in [6.07, 6.45) is 1.67. The Labute approximate surface area is 129 Å². The van der Waals surface area contributed by atoms with E-state index >= 15 is 0 Å². The largest absolute Gasteiger partial charge is 0.439 e. The Morgan fingerprint density at radius 3 is 2.76 bits per heavy atom. The number of hydrogen-bond acceptors (Lipinski definition) is 4. The summed E-state index contributed by atoms with van der Waals surface area (Å²) in [5.74, 6) is 1.28. The van der Waals surface area contributed by atoms with Crippen LogP contribution in [0.2, 0.25) is 5.02 Å². The molecule has 2 rings (SSSR count). The summed E-state index contributed by atoms with van der Waals surface area (Å²) in [6.45, 7) is 0.794. The van der Waals surface area contributed by atoms with Crippen LogP contribution >= 0.6 is 11.6 Å². The molecule has 2 aromatic rings. The zero-order valence-electron chi connectivity index (χ0n) is 12.3. The molecule has 6 heteroatoms. The molecule has 0 saturated carbocycles. The molecule has 0 aliphatic carbocycles. The van der Waals surface area contributed by atoms with E-state index in [1.165, 1.54) is 0 Å². The zero-order chi connectivity index (χ0) is 15.4. The van der Waals surface area contributed by atoms with Crippen LogP contribution in [0.25, 0.3) is 11.3 Å². The Balaban J connectivity index is 2.02. The number of nitrogens with zero attached hydrogens (tertiary/aromatic N) is 3. The second-order valence-corrected chi connectivity index (χ2v) is 5.53. The van der Waals surface area contributed by atoms with Gasteiger partial charge in [0.15, 0.2) is 5.76 Å². The molecule has 0 spiro atoms. The van der Waals surface area contributed by atoms with Gasteiger partial charge in [0.05, 0.1) is 19.3 Å². The van der Waals surface area contributed by atoms with Crippen LogP contribution in [0.5, 0.6) is 0 Å². The van der Waals surface area contributed by atoms with Crippen molar-refractivity contribution in [2.45, 2.75) is 6.54 Å². The molecule has 112 valence electrons. The molecule has 1 aromatic carbocycles. The van der Waals surface area contributed by atoms with Gasteiger partial charge in [-0.1, -0.05) is 23.7 Å². The number of oxazole rings is 1. The number of rotatable bonds is 5. The SMILES string of the molecule is CN(CC(=O)N(C)C)Cc1ncc(-c2cccc(Cl)c2)o1. The minimum atomic E-state index is 0.0409. The summed E-state index contributed by atoms with van der Waals surface area (Å²) >= 11 is 5.96. The Bertz CT molecular complexity index is 625. The molecular formula is C15H18ClN3O2. The van der Waals surface area contributed by atoms with Crippen LogP contribution in [0.1, 0.15) is 5.89 Å². The fourth-order valence-electron chi connectivity index (χ4n) is 1.82. The van der Waals surface area contributed by atoms with Gasteiger partial charge in [-0.2, -0.15) is 0 Å². The van der Waals surface area contributed by atoms with Gasteiger partial charge >= 0.3 is 0 Å². The first kappa shape index (κ1) is 15.5. The topological polar surface area (TPSA) is 49.6 Å². The lowest BCUT2D eigenvalue weighted by Crippen LogP contribution is -2.34. The standard InChI is InChI=1S/C15H18ClN3O2/c1-18(2)15(20)10-19(3)9-14-17-8-13(21-14)11-5-4-6-12(16)7-11/h4-8H,9-10H2,1-3H3. The number of benzene rings is 1. The minimum Gasteiger partial charge on any atom is -0.439 e. The van der Waals surface area contributed by atoms with Gasteiger partial charge in [0.25, 0.3) is 0 Å². The average Bonchev–Trinajstić information content (AvgIpc) is 2.86. The molecule has 0 fully saturated rings. The van der Waals surface area contributed by atoms with Crippen LogP contribution in [0.4, 0.5) is 0 Å². The van der Waals surface area contributed by atoms with E-state index in [2.05, 4.69) is 4.98 Å². The van der Waals surface area contributed by atoms with E-state index in [1.54, 1.807) is 25.2 Å². The predicted octanol–water partition coefficient (Wildman–Crippen LogP) is 2.51. The highest BCUT2D eigenvalue weighted by molar-refractivity contribution is 6.30. The molecule has 1 aromatic heterocycles. The van der Waals surface area contributed by atoms with Crippen molar-refractivity contribution < 1.29 is 9.21 Å². The molecule has 5 nitrogen and oxygen atoms in total. The number of halogens is 1. The highest BCUT2D eigenvalue weighted by Gasteiger charge is 2.12. The van der Waals surface area contributed by atoms with Crippen molar-refractivity contribution in [2.24, 2.45) is 0 Å². The van der Waals surface area contributed by atoms with Crippen molar-refractivity contribution in [3.05, 3.63) is 41.4 Å².